The zero-order valence-corrected chi connectivity index (χ0v) is 19.0. The Labute approximate surface area is 194 Å². The predicted molar refractivity (Wildman–Crippen MR) is 115 cm³/mol. The van der Waals surface area contributed by atoms with Crippen LogP contribution in [-0.2, 0) is 22.3 Å². The minimum absolute atomic E-state index is 0. The SMILES string of the molecule is I.O.O=C([C@H]1CCCNC1)N1CCC(F)(F)C1.O=CNCc1ccc(C(F)(F)F)cc1. The summed E-state index contributed by atoms with van der Waals surface area (Å²) in [5, 5.41) is 5.49. The third-order valence-electron chi connectivity index (χ3n) is 4.80. The molecule has 0 saturated carbocycles. The Bertz CT molecular complexity index is 683. The van der Waals surface area contributed by atoms with Gasteiger partial charge in [0, 0.05) is 26.1 Å². The van der Waals surface area contributed by atoms with Crippen molar-refractivity contribution in [1.82, 2.24) is 15.5 Å². The predicted octanol–water partition coefficient (Wildman–Crippen LogP) is 2.60. The van der Waals surface area contributed by atoms with Gasteiger partial charge in [-0.05, 0) is 37.1 Å². The number of benzene rings is 1. The van der Waals surface area contributed by atoms with Crippen molar-refractivity contribution in [3.05, 3.63) is 35.4 Å². The fourth-order valence-corrected chi connectivity index (χ4v) is 3.22. The molecule has 2 saturated heterocycles. The van der Waals surface area contributed by atoms with Crippen LogP contribution in [0, 0.1) is 5.92 Å². The summed E-state index contributed by atoms with van der Waals surface area (Å²) in [5.74, 6) is -2.86. The molecule has 0 spiro atoms. The van der Waals surface area contributed by atoms with E-state index < -0.39 is 17.7 Å². The topological polar surface area (TPSA) is 92.9 Å². The van der Waals surface area contributed by atoms with Crippen LogP contribution in [0.15, 0.2) is 24.3 Å². The largest absolute Gasteiger partial charge is 0.416 e. The van der Waals surface area contributed by atoms with E-state index in [1.54, 1.807) is 0 Å². The van der Waals surface area contributed by atoms with Gasteiger partial charge in [-0.15, -0.1) is 24.0 Å². The van der Waals surface area contributed by atoms with E-state index in [9.17, 15) is 31.5 Å². The molecule has 1 aromatic carbocycles. The second-order valence-corrected chi connectivity index (χ2v) is 7.10. The third-order valence-corrected chi connectivity index (χ3v) is 4.80. The Hall–Kier alpha value is -1.54. The highest BCUT2D eigenvalue weighted by Gasteiger charge is 2.41. The second kappa shape index (κ2) is 13.1. The van der Waals surface area contributed by atoms with Crippen molar-refractivity contribution >= 4 is 36.3 Å². The van der Waals surface area contributed by atoms with Gasteiger partial charge in [0.25, 0.3) is 5.92 Å². The molecule has 2 aliphatic heterocycles. The summed E-state index contributed by atoms with van der Waals surface area (Å²) in [4.78, 5) is 23.1. The molecule has 12 heteroatoms. The molecule has 2 heterocycles. The number of halogens is 6. The van der Waals surface area contributed by atoms with Crippen molar-refractivity contribution in [2.45, 2.75) is 37.9 Å². The molecule has 178 valence electrons. The van der Waals surface area contributed by atoms with Gasteiger partial charge in [0.05, 0.1) is 18.0 Å². The zero-order chi connectivity index (χ0) is 21.5. The highest BCUT2D eigenvalue weighted by molar-refractivity contribution is 14.0. The van der Waals surface area contributed by atoms with Crippen molar-refractivity contribution in [3.8, 4) is 0 Å². The molecule has 3 rings (SSSR count). The number of amides is 2. The van der Waals surface area contributed by atoms with Crippen LogP contribution in [0.4, 0.5) is 22.0 Å². The van der Waals surface area contributed by atoms with Crippen molar-refractivity contribution in [1.29, 1.82) is 0 Å². The minimum atomic E-state index is -4.31. The van der Waals surface area contributed by atoms with Crippen molar-refractivity contribution in [2.75, 3.05) is 26.2 Å². The van der Waals surface area contributed by atoms with Gasteiger partial charge in [0.2, 0.25) is 12.3 Å². The number of nitrogens with zero attached hydrogens (tertiary/aromatic N) is 1. The number of hydrogen-bond donors (Lipinski definition) is 2. The van der Waals surface area contributed by atoms with E-state index in [4.69, 9.17) is 0 Å². The number of piperidine rings is 1. The van der Waals surface area contributed by atoms with Gasteiger partial charge >= 0.3 is 6.18 Å². The summed E-state index contributed by atoms with van der Waals surface area (Å²) in [6, 6.07) is 4.64. The maximum Gasteiger partial charge on any atom is 0.416 e. The van der Waals surface area contributed by atoms with Gasteiger partial charge in [0.1, 0.15) is 0 Å². The Balaban J connectivity index is 0.000000547. The van der Waals surface area contributed by atoms with Crippen LogP contribution < -0.4 is 10.6 Å². The first-order valence-corrected chi connectivity index (χ1v) is 9.33. The fraction of sp³-hybridized carbons (Fsp3) is 0.579. The Morgan fingerprint density at radius 3 is 2.35 bits per heavy atom. The molecular formula is C19H27F5IN3O3. The third kappa shape index (κ3) is 9.64. The lowest BCUT2D eigenvalue weighted by Crippen LogP contribution is -2.42. The summed E-state index contributed by atoms with van der Waals surface area (Å²) in [6.07, 6.45) is -2.21. The minimum Gasteiger partial charge on any atom is -0.412 e. The average molecular weight is 567 g/mol. The summed E-state index contributed by atoms with van der Waals surface area (Å²) in [7, 11) is 0. The number of carbonyl (C=O) groups excluding carboxylic acids is 2. The van der Waals surface area contributed by atoms with Crippen molar-refractivity contribution in [3.63, 3.8) is 0 Å². The van der Waals surface area contributed by atoms with Crippen LogP contribution >= 0.6 is 24.0 Å². The quantitative estimate of drug-likeness (QED) is 0.333. The van der Waals surface area contributed by atoms with Crippen molar-refractivity contribution < 1.29 is 37.0 Å². The van der Waals surface area contributed by atoms with Crippen LogP contribution in [0.5, 0.6) is 0 Å². The molecule has 0 unspecified atom stereocenters. The molecule has 31 heavy (non-hydrogen) atoms. The Morgan fingerprint density at radius 1 is 1.26 bits per heavy atom. The first-order valence-electron chi connectivity index (χ1n) is 9.33. The molecule has 2 fully saturated rings. The molecule has 0 radical (unpaired) electrons. The van der Waals surface area contributed by atoms with Gasteiger partial charge in [-0.3, -0.25) is 9.59 Å². The maximum absolute atomic E-state index is 12.9. The van der Waals surface area contributed by atoms with Crippen LogP contribution in [0.1, 0.15) is 30.4 Å². The Kier molecular flexibility index (Phi) is 12.5. The smallest absolute Gasteiger partial charge is 0.412 e. The van der Waals surface area contributed by atoms with E-state index in [-0.39, 0.29) is 67.3 Å². The molecule has 2 amide bonds. The molecule has 1 aromatic rings. The number of carbonyl (C=O) groups is 2. The van der Waals surface area contributed by atoms with Crippen LogP contribution in [0.2, 0.25) is 0 Å². The molecule has 2 aliphatic rings. The molecule has 1 atom stereocenters. The zero-order valence-electron chi connectivity index (χ0n) is 16.7. The molecule has 0 aliphatic carbocycles. The van der Waals surface area contributed by atoms with Gasteiger partial charge in [-0.25, -0.2) is 8.78 Å². The summed E-state index contributed by atoms with van der Waals surface area (Å²) in [5.41, 5.74) is -0.0579. The van der Waals surface area contributed by atoms with Crippen LogP contribution in [-0.4, -0.2) is 54.8 Å². The molecule has 0 aromatic heterocycles. The lowest BCUT2D eigenvalue weighted by atomic mass is 9.98. The van der Waals surface area contributed by atoms with E-state index in [1.165, 1.54) is 17.0 Å². The monoisotopic (exact) mass is 567 g/mol. The van der Waals surface area contributed by atoms with Gasteiger partial charge in [-0.1, -0.05) is 12.1 Å². The highest BCUT2D eigenvalue weighted by atomic mass is 127. The number of nitrogens with one attached hydrogen (secondary N) is 2. The van der Waals surface area contributed by atoms with Crippen LogP contribution in [0.25, 0.3) is 0 Å². The standard InChI is InChI=1S/C10H16F2N2O.C9H8F3NO.HI.H2O/c11-10(12)3-5-14(7-10)9(15)8-2-1-4-13-6-8;10-9(11,12)8-3-1-7(2-4-8)5-13-6-14;;/h8,13H,1-7H2;1-4,6H,5H2,(H,13,14);1H;1H2/t8-;;;/m0.../s1. The molecular weight excluding hydrogens is 540 g/mol. The van der Waals surface area contributed by atoms with Gasteiger partial charge < -0.3 is 21.0 Å². The second-order valence-electron chi connectivity index (χ2n) is 7.10. The number of hydrogen-bond acceptors (Lipinski definition) is 3. The molecule has 6 nitrogen and oxygen atoms in total. The Morgan fingerprint density at radius 2 is 1.90 bits per heavy atom. The number of likely N-dealkylation sites (tertiary alicyclic amines) is 1. The number of rotatable bonds is 4. The van der Waals surface area contributed by atoms with E-state index in [1.807, 2.05) is 0 Å². The van der Waals surface area contributed by atoms with Gasteiger partial charge in [-0.2, -0.15) is 13.2 Å². The first-order chi connectivity index (χ1) is 13.6. The summed E-state index contributed by atoms with van der Waals surface area (Å²) < 4.78 is 62.1. The molecule has 0 bridgehead atoms. The normalized spacial score (nSPS) is 19.8. The van der Waals surface area contributed by atoms with E-state index >= 15 is 0 Å². The highest BCUT2D eigenvalue weighted by Crippen LogP contribution is 2.29. The number of alkyl halides is 5. The van der Waals surface area contributed by atoms with Gasteiger partial charge in [0.15, 0.2) is 0 Å². The van der Waals surface area contributed by atoms with Crippen molar-refractivity contribution in [2.24, 2.45) is 5.92 Å². The summed E-state index contributed by atoms with van der Waals surface area (Å²) >= 11 is 0. The van der Waals surface area contributed by atoms with E-state index in [0.29, 0.717) is 18.5 Å². The fourth-order valence-electron chi connectivity index (χ4n) is 3.22. The lowest BCUT2D eigenvalue weighted by Gasteiger charge is -2.26. The van der Waals surface area contributed by atoms with E-state index in [2.05, 4.69) is 10.6 Å². The first kappa shape index (κ1) is 29.5. The van der Waals surface area contributed by atoms with E-state index in [0.717, 1.165) is 31.5 Å². The lowest BCUT2D eigenvalue weighted by molar-refractivity contribution is -0.138. The average Bonchev–Trinajstić information content (AvgIpc) is 3.06. The van der Waals surface area contributed by atoms with Crippen LogP contribution in [0.3, 0.4) is 0 Å². The summed E-state index contributed by atoms with van der Waals surface area (Å²) in [6.45, 7) is 1.63. The maximum atomic E-state index is 12.9. The molecule has 4 N–H and O–H groups in total.